The zero-order valence-corrected chi connectivity index (χ0v) is 21.1. The summed E-state index contributed by atoms with van der Waals surface area (Å²) >= 11 is 0. The van der Waals surface area contributed by atoms with Crippen LogP contribution in [0.5, 0.6) is 0 Å². The molecule has 1 amide bonds. The standard InChI is InChI=1S/C28H32FN7O/c1-33-14-7-21(19-33)20-34-17-10-28(29,11-18-34)27(37)35-15-8-22(9-16-35)36-25-24(6-4-13-31-25)32-26(36)23-5-2-3-12-30-23/h2-7,12-14,19,22H,8-11,15-18,20H2,1H3. The highest BCUT2D eigenvalue weighted by Crippen LogP contribution is 2.35. The monoisotopic (exact) mass is 501 g/mol. The Morgan fingerprint density at radius 3 is 2.51 bits per heavy atom. The highest BCUT2D eigenvalue weighted by atomic mass is 19.1. The molecule has 2 aliphatic heterocycles. The van der Waals surface area contributed by atoms with E-state index in [1.807, 2.05) is 48.1 Å². The van der Waals surface area contributed by atoms with Crippen molar-refractivity contribution in [1.29, 1.82) is 0 Å². The van der Waals surface area contributed by atoms with Crippen molar-refractivity contribution in [2.24, 2.45) is 7.05 Å². The zero-order chi connectivity index (χ0) is 25.4. The van der Waals surface area contributed by atoms with Gasteiger partial charge in [0.1, 0.15) is 11.2 Å². The molecule has 0 aliphatic carbocycles. The molecule has 2 fully saturated rings. The molecule has 8 nitrogen and oxygen atoms in total. The van der Waals surface area contributed by atoms with Crippen LogP contribution >= 0.6 is 0 Å². The van der Waals surface area contributed by atoms with E-state index in [1.165, 1.54) is 5.56 Å². The van der Waals surface area contributed by atoms with Crippen LogP contribution in [0.15, 0.2) is 61.2 Å². The number of amides is 1. The van der Waals surface area contributed by atoms with E-state index in [4.69, 9.17) is 4.98 Å². The van der Waals surface area contributed by atoms with E-state index < -0.39 is 5.67 Å². The maximum atomic E-state index is 15.9. The molecule has 6 rings (SSSR count). The fourth-order valence-corrected chi connectivity index (χ4v) is 5.75. The number of aryl methyl sites for hydroxylation is 1. The molecule has 0 unspecified atom stereocenters. The van der Waals surface area contributed by atoms with Crippen molar-refractivity contribution < 1.29 is 9.18 Å². The van der Waals surface area contributed by atoms with Gasteiger partial charge in [-0.15, -0.1) is 0 Å². The van der Waals surface area contributed by atoms with E-state index in [2.05, 4.69) is 31.7 Å². The summed E-state index contributed by atoms with van der Waals surface area (Å²) < 4.78 is 20.1. The summed E-state index contributed by atoms with van der Waals surface area (Å²) in [5.41, 5.74) is 1.88. The molecule has 9 heteroatoms. The number of piperidine rings is 2. The van der Waals surface area contributed by atoms with Gasteiger partial charge in [-0.1, -0.05) is 6.07 Å². The Labute approximate surface area is 215 Å². The maximum Gasteiger partial charge on any atom is 0.260 e. The minimum Gasteiger partial charge on any atom is -0.357 e. The van der Waals surface area contributed by atoms with Crippen LogP contribution in [0.25, 0.3) is 22.7 Å². The van der Waals surface area contributed by atoms with Crippen LogP contribution < -0.4 is 0 Å². The quantitative estimate of drug-likeness (QED) is 0.413. The van der Waals surface area contributed by atoms with E-state index in [0.29, 0.717) is 26.2 Å². The van der Waals surface area contributed by atoms with Gasteiger partial charge in [-0.05, 0) is 48.7 Å². The normalized spacial score (nSPS) is 18.9. The molecule has 37 heavy (non-hydrogen) atoms. The first-order chi connectivity index (χ1) is 18.0. The van der Waals surface area contributed by atoms with Gasteiger partial charge in [0, 0.05) is 83.4 Å². The number of carbonyl (C=O) groups is 1. The Balaban J connectivity index is 1.13. The van der Waals surface area contributed by atoms with E-state index in [9.17, 15) is 4.79 Å². The number of aromatic nitrogens is 5. The average molecular weight is 502 g/mol. The minimum atomic E-state index is -1.78. The molecule has 0 spiro atoms. The number of rotatable bonds is 5. The molecule has 0 bridgehead atoms. The minimum absolute atomic E-state index is 0.115. The van der Waals surface area contributed by atoms with Crippen LogP contribution in [0.1, 0.15) is 37.3 Å². The number of pyridine rings is 2. The lowest BCUT2D eigenvalue weighted by Gasteiger charge is -2.40. The summed E-state index contributed by atoms with van der Waals surface area (Å²) in [6, 6.07) is 11.8. The van der Waals surface area contributed by atoms with Crippen LogP contribution in [0.3, 0.4) is 0 Å². The van der Waals surface area contributed by atoms with Gasteiger partial charge in [0.15, 0.2) is 17.1 Å². The molecule has 0 radical (unpaired) electrons. The molecule has 2 aliphatic rings. The molecule has 6 heterocycles. The van der Waals surface area contributed by atoms with E-state index in [-0.39, 0.29) is 24.8 Å². The molecular formula is C28H32FN7O. The number of nitrogens with zero attached hydrogens (tertiary/aromatic N) is 7. The number of likely N-dealkylation sites (tertiary alicyclic amines) is 2. The Bertz CT molecular complexity index is 1380. The van der Waals surface area contributed by atoms with Crippen LogP contribution in [-0.2, 0) is 18.4 Å². The number of fused-ring (bicyclic) bond motifs is 1. The Kier molecular flexibility index (Phi) is 6.24. The fraction of sp³-hybridized carbons (Fsp3) is 0.429. The molecule has 0 saturated carbocycles. The number of imidazole rings is 1. The fourth-order valence-electron chi connectivity index (χ4n) is 5.75. The van der Waals surface area contributed by atoms with E-state index in [1.54, 1.807) is 17.3 Å². The lowest BCUT2D eigenvalue weighted by molar-refractivity contribution is -0.148. The SMILES string of the molecule is Cn1ccc(CN2CCC(F)(C(=O)N3CCC(n4c(-c5ccccn5)nc5cccnc54)CC3)CC2)c1. The number of carbonyl (C=O) groups excluding carboxylic acids is 1. The van der Waals surface area contributed by atoms with Crippen LogP contribution in [0.4, 0.5) is 4.39 Å². The van der Waals surface area contributed by atoms with Gasteiger partial charge in [-0.3, -0.25) is 14.7 Å². The van der Waals surface area contributed by atoms with Crippen molar-refractivity contribution in [2.75, 3.05) is 26.2 Å². The highest BCUT2D eigenvalue weighted by Gasteiger charge is 2.45. The van der Waals surface area contributed by atoms with Crippen LogP contribution in [0, 0.1) is 0 Å². The number of hydrogen-bond acceptors (Lipinski definition) is 5. The van der Waals surface area contributed by atoms with Gasteiger partial charge in [0.05, 0.1) is 0 Å². The number of hydrogen-bond donors (Lipinski definition) is 0. The third kappa shape index (κ3) is 4.64. The smallest absolute Gasteiger partial charge is 0.260 e. The first-order valence-corrected chi connectivity index (χ1v) is 13.1. The van der Waals surface area contributed by atoms with Gasteiger partial charge < -0.3 is 14.0 Å². The second-order valence-corrected chi connectivity index (χ2v) is 10.3. The summed E-state index contributed by atoms with van der Waals surface area (Å²) in [4.78, 5) is 31.2. The van der Waals surface area contributed by atoms with Gasteiger partial charge >= 0.3 is 0 Å². The molecule has 2 saturated heterocycles. The van der Waals surface area contributed by atoms with Crippen molar-refractivity contribution in [3.05, 3.63) is 66.7 Å². The van der Waals surface area contributed by atoms with Gasteiger partial charge in [0.2, 0.25) is 0 Å². The van der Waals surface area contributed by atoms with Crippen LogP contribution in [0.2, 0.25) is 0 Å². The molecule has 0 aromatic carbocycles. The molecule has 192 valence electrons. The van der Waals surface area contributed by atoms with Crippen molar-refractivity contribution in [3.8, 4) is 11.5 Å². The highest BCUT2D eigenvalue weighted by molar-refractivity contribution is 5.85. The Morgan fingerprint density at radius 1 is 1.03 bits per heavy atom. The summed E-state index contributed by atoms with van der Waals surface area (Å²) in [7, 11) is 2.00. The topological polar surface area (TPSA) is 72.1 Å². The van der Waals surface area contributed by atoms with Crippen molar-refractivity contribution >= 4 is 17.1 Å². The molecule has 4 aromatic rings. The Hall–Kier alpha value is -3.59. The van der Waals surface area contributed by atoms with Crippen molar-refractivity contribution in [2.45, 2.75) is 43.9 Å². The maximum absolute atomic E-state index is 15.9. The van der Waals surface area contributed by atoms with Gasteiger partial charge in [-0.25, -0.2) is 14.4 Å². The largest absolute Gasteiger partial charge is 0.357 e. The van der Waals surface area contributed by atoms with Crippen molar-refractivity contribution in [3.63, 3.8) is 0 Å². The lowest BCUT2D eigenvalue weighted by Crippen LogP contribution is -2.53. The average Bonchev–Trinajstić information content (AvgIpc) is 3.53. The van der Waals surface area contributed by atoms with E-state index in [0.717, 1.165) is 42.1 Å². The van der Waals surface area contributed by atoms with Gasteiger partial charge in [0.25, 0.3) is 5.91 Å². The second kappa shape index (κ2) is 9.70. The third-order valence-corrected chi connectivity index (χ3v) is 7.79. The van der Waals surface area contributed by atoms with Crippen LogP contribution in [-0.4, -0.2) is 71.6 Å². The molecular weight excluding hydrogens is 469 g/mol. The summed E-state index contributed by atoms with van der Waals surface area (Å²) in [5.74, 6) is 0.440. The third-order valence-electron chi connectivity index (χ3n) is 7.79. The number of halogens is 1. The van der Waals surface area contributed by atoms with Gasteiger partial charge in [-0.2, -0.15) is 0 Å². The summed E-state index contributed by atoms with van der Waals surface area (Å²) in [5, 5.41) is 0. The Morgan fingerprint density at radius 2 is 1.81 bits per heavy atom. The summed E-state index contributed by atoms with van der Waals surface area (Å²) in [6.45, 7) is 3.03. The number of alkyl halides is 1. The second-order valence-electron chi connectivity index (χ2n) is 10.3. The summed E-state index contributed by atoms with van der Waals surface area (Å²) in [6.07, 6.45) is 9.60. The predicted octanol–water partition coefficient (Wildman–Crippen LogP) is 4.00. The first kappa shape index (κ1) is 23.8. The van der Waals surface area contributed by atoms with E-state index >= 15 is 4.39 Å². The zero-order valence-electron chi connectivity index (χ0n) is 21.1. The molecule has 4 aromatic heterocycles. The molecule has 0 atom stereocenters. The first-order valence-electron chi connectivity index (χ1n) is 13.1. The lowest BCUT2D eigenvalue weighted by atomic mass is 9.90. The predicted molar refractivity (Wildman–Crippen MR) is 139 cm³/mol. The molecule has 0 N–H and O–H groups in total. The van der Waals surface area contributed by atoms with Crippen molar-refractivity contribution in [1.82, 2.24) is 33.9 Å².